The number of nitrogens with one attached hydrogen (secondary N) is 1. The molecule has 0 saturated carbocycles. The van der Waals surface area contributed by atoms with Crippen molar-refractivity contribution in [3.8, 4) is 17.2 Å². The van der Waals surface area contributed by atoms with E-state index >= 15 is 0 Å². The summed E-state index contributed by atoms with van der Waals surface area (Å²) in [7, 11) is 0. The van der Waals surface area contributed by atoms with E-state index < -0.39 is 17.3 Å². The van der Waals surface area contributed by atoms with E-state index in [9.17, 15) is 14.0 Å². The van der Waals surface area contributed by atoms with Gasteiger partial charge in [0.1, 0.15) is 17.0 Å². The van der Waals surface area contributed by atoms with Gasteiger partial charge in [-0.1, -0.05) is 12.1 Å². The number of carbonyl (C=O) groups excluding carboxylic acids is 2. The zero-order valence-electron chi connectivity index (χ0n) is 20.9. The fraction of sp³-hybridized carbons (Fsp3) is 0.346. The lowest BCUT2D eigenvalue weighted by Crippen LogP contribution is -2.63. The summed E-state index contributed by atoms with van der Waals surface area (Å²) in [6.07, 6.45) is -0.347. The van der Waals surface area contributed by atoms with E-state index in [1.807, 2.05) is 20.8 Å². The van der Waals surface area contributed by atoms with E-state index in [2.05, 4.69) is 10.2 Å². The van der Waals surface area contributed by atoms with E-state index in [0.717, 1.165) is 0 Å². The molecule has 10 nitrogen and oxygen atoms in total. The first kappa shape index (κ1) is 24.4. The molecule has 1 aromatic heterocycles. The normalized spacial score (nSPS) is 15.5. The first-order valence-electron chi connectivity index (χ1n) is 12.0. The Balaban J connectivity index is 1.37. The fourth-order valence-electron chi connectivity index (χ4n) is 4.39. The smallest absolute Gasteiger partial charge is 0.410 e. The molecule has 3 aromatic rings. The quantitative estimate of drug-likeness (QED) is 0.539. The number of ether oxygens (including phenoxy) is 2. The van der Waals surface area contributed by atoms with E-state index in [4.69, 9.17) is 20.3 Å². The van der Waals surface area contributed by atoms with Gasteiger partial charge >= 0.3 is 6.09 Å². The van der Waals surface area contributed by atoms with E-state index in [1.54, 1.807) is 47.4 Å². The molecular weight excluding hydrogens is 479 g/mol. The van der Waals surface area contributed by atoms with Crippen LogP contribution < -0.4 is 20.7 Å². The Morgan fingerprint density at radius 1 is 1.11 bits per heavy atom. The highest BCUT2D eigenvalue weighted by Gasteiger charge is 2.41. The molecule has 0 bridgehead atoms. The summed E-state index contributed by atoms with van der Waals surface area (Å²) in [5.41, 5.74) is 6.58. The maximum Gasteiger partial charge on any atom is 0.410 e. The van der Waals surface area contributed by atoms with Gasteiger partial charge in [0.15, 0.2) is 23.1 Å². The maximum absolute atomic E-state index is 13.9. The number of hydrogen-bond acceptors (Lipinski definition) is 7. The Kier molecular flexibility index (Phi) is 6.14. The van der Waals surface area contributed by atoms with Crippen LogP contribution in [-0.4, -0.2) is 64.5 Å². The van der Waals surface area contributed by atoms with Crippen LogP contribution in [0.5, 0.6) is 11.5 Å². The second kappa shape index (κ2) is 9.30. The standard InChI is InChI=1S/C26H29FN6O4/c1-26(2,3)37-25(35)31-14-17(15-31)32-13-12-29-21-22(23(28)34)33(30-24(21)32)16-8-10-18(11-9-16)36-20-7-5-4-6-19(20)27/h4-11,17,29H,12-15H2,1-3H3,(H2,28,34). The molecule has 0 aliphatic carbocycles. The Morgan fingerprint density at radius 2 is 1.81 bits per heavy atom. The number of fused-ring (bicyclic) bond motifs is 1. The lowest BCUT2D eigenvalue weighted by Gasteiger charge is -2.46. The van der Waals surface area contributed by atoms with Crippen molar-refractivity contribution in [3.05, 3.63) is 60.0 Å². The molecule has 0 radical (unpaired) electrons. The summed E-state index contributed by atoms with van der Waals surface area (Å²) in [6.45, 7) is 7.75. The lowest BCUT2D eigenvalue weighted by molar-refractivity contribution is 0.00807. The molecule has 1 saturated heterocycles. The fourth-order valence-corrected chi connectivity index (χ4v) is 4.39. The second-order valence-electron chi connectivity index (χ2n) is 10.0. The third kappa shape index (κ3) is 4.89. The maximum atomic E-state index is 13.9. The van der Waals surface area contributed by atoms with Gasteiger partial charge in [0.2, 0.25) is 0 Å². The average Bonchev–Trinajstić information content (AvgIpc) is 3.20. The number of aromatic nitrogens is 2. The van der Waals surface area contributed by atoms with Crippen LogP contribution in [0.3, 0.4) is 0 Å². The molecule has 5 rings (SSSR count). The number of amides is 2. The molecule has 1 fully saturated rings. The number of hydrogen-bond donors (Lipinski definition) is 2. The molecule has 2 aromatic carbocycles. The van der Waals surface area contributed by atoms with Crippen LogP contribution in [-0.2, 0) is 4.74 Å². The van der Waals surface area contributed by atoms with Gasteiger partial charge in [0, 0.05) is 26.2 Å². The van der Waals surface area contributed by atoms with Gasteiger partial charge in [-0.25, -0.2) is 13.9 Å². The highest BCUT2D eigenvalue weighted by molar-refractivity contribution is 6.00. The van der Waals surface area contributed by atoms with Gasteiger partial charge in [-0.2, -0.15) is 0 Å². The number of benzene rings is 2. The van der Waals surface area contributed by atoms with Crippen LogP contribution >= 0.6 is 0 Å². The van der Waals surface area contributed by atoms with Crippen molar-refractivity contribution in [1.82, 2.24) is 14.7 Å². The molecule has 0 unspecified atom stereocenters. The number of anilines is 2. The van der Waals surface area contributed by atoms with Crippen molar-refractivity contribution in [1.29, 1.82) is 0 Å². The molecule has 3 heterocycles. The predicted octanol–water partition coefficient (Wildman–Crippen LogP) is 3.75. The van der Waals surface area contributed by atoms with E-state index in [1.165, 1.54) is 10.7 Å². The zero-order valence-corrected chi connectivity index (χ0v) is 20.9. The van der Waals surface area contributed by atoms with Crippen molar-refractivity contribution in [2.24, 2.45) is 5.73 Å². The summed E-state index contributed by atoms with van der Waals surface area (Å²) in [5, 5.41) is 7.98. The van der Waals surface area contributed by atoms with Crippen molar-refractivity contribution in [3.63, 3.8) is 0 Å². The summed E-state index contributed by atoms with van der Waals surface area (Å²) in [5.74, 6) is 0.0559. The van der Waals surface area contributed by atoms with Gasteiger partial charge in [-0.15, -0.1) is 5.10 Å². The third-order valence-corrected chi connectivity index (χ3v) is 6.13. The first-order valence-corrected chi connectivity index (χ1v) is 12.0. The van der Waals surface area contributed by atoms with Gasteiger partial charge in [0.25, 0.3) is 5.91 Å². The van der Waals surface area contributed by atoms with Crippen LogP contribution in [0, 0.1) is 5.82 Å². The third-order valence-electron chi connectivity index (χ3n) is 6.13. The molecule has 37 heavy (non-hydrogen) atoms. The molecule has 3 N–H and O–H groups in total. The monoisotopic (exact) mass is 508 g/mol. The Bertz CT molecular complexity index is 1330. The van der Waals surface area contributed by atoms with Gasteiger partial charge in [0.05, 0.1) is 11.7 Å². The number of rotatable bonds is 5. The summed E-state index contributed by atoms with van der Waals surface area (Å²) in [6, 6.07) is 13.0. The minimum atomic E-state index is -0.626. The van der Waals surface area contributed by atoms with Crippen molar-refractivity contribution in [2.75, 3.05) is 36.4 Å². The van der Waals surface area contributed by atoms with Gasteiger partial charge in [-0.05, 0) is 57.2 Å². The molecule has 0 spiro atoms. The van der Waals surface area contributed by atoms with E-state index in [0.29, 0.717) is 49.1 Å². The molecule has 2 aliphatic heterocycles. The Labute approximate surface area is 213 Å². The number of likely N-dealkylation sites (tertiary alicyclic amines) is 1. The summed E-state index contributed by atoms with van der Waals surface area (Å²) in [4.78, 5) is 28.6. The topological polar surface area (TPSA) is 115 Å². The molecular formula is C26H29FN6O4. The van der Waals surface area contributed by atoms with Crippen LogP contribution in [0.15, 0.2) is 48.5 Å². The summed E-state index contributed by atoms with van der Waals surface area (Å²) < 4.78 is 26.5. The number of para-hydroxylation sites is 1. The van der Waals surface area contributed by atoms with Crippen molar-refractivity contribution in [2.45, 2.75) is 32.4 Å². The van der Waals surface area contributed by atoms with Gasteiger partial charge < -0.3 is 30.3 Å². The molecule has 194 valence electrons. The van der Waals surface area contributed by atoms with Gasteiger partial charge in [-0.3, -0.25) is 4.79 Å². The number of nitrogens with zero attached hydrogens (tertiary/aromatic N) is 4. The first-order chi connectivity index (χ1) is 17.6. The molecule has 2 aliphatic rings. The predicted molar refractivity (Wildman–Crippen MR) is 136 cm³/mol. The van der Waals surface area contributed by atoms with Crippen LogP contribution in [0.4, 0.5) is 20.7 Å². The highest BCUT2D eigenvalue weighted by Crippen LogP contribution is 2.36. The molecule has 11 heteroatoms. The Hall–Kier alpha value is -4.28. The minimum absolute atomic E-state index is 0.0361. The number of carbonyl (C=O) groups is 2. The number of halogens is 1. The average molecular weight is 509 g/mol. The zero-order chi connectivity index (χ0) is 26.3. The number of nitrogens with two attached hydrogens (primary N) is 1. The van der Waals surface area contributed by atoms with Crippen LogP contribution in [0.25, 0.3) is 5.69 Å². The van der Waals surface area contributed by atoms with Crippen LogP contribution in [0.2, 0.25) is 0 Å². The second-order valence-corrected chi connectivity index (χ2v) is 10.0. The highest BCUT2D eigenvalue weighted by atomic mass is 19.1. The van der Waals surface area contributed by atoms with Crippen molar-refractivity contribution < 1.29 is 23.5 Å². The van der Waals surface area contributed by atoms with E-state index in [-0.39, 0.29) is 23.6 Å². The SMILES string of the molecule is CC(C)(C)OC(=O)N1CC(N2CCNc3c2nn(-c2ccc(Oc4ccccc4F)cc2)c3C(N)=O)C1. The molecule has 0 atom stereocenters. The summed E-state index contributed by atoms with van der Waals surface area (Å²) >= 11 is 0. The number of primary amides is 1. The van der Waals surface area contributed by atoms with Crippen molar-refractivity contribution >= 4 is 23.5 Å². The minimum Gasteiger partial charge on any atom is -0.454 e. The lowest BCUT2D eigenvalue weighted by atomic mass is 10.1. The van der Waals surface area contributed by atoms with Crippen LogP contribution in [0.1, 0.15) is 31.3 Å². The Morgan fingerprint density at radius 3 is 2.46 bits per heavy atom. The molecule has 2 amide bonds. The largest absolute Gasteiger partial charge is 0.454 e.